The molecule has 0 saturated carbocycles. The van der Waals surface area contributed by atoms with E-state index in [9.17, 15) is 0 Å². The molecule has 110 valence electrons. The summed E-state index contributed by atoms with van der Waals surface area (Å²) in [4.78, 5) is 0. The highest BCUT2D eigenvalue weighted by molar-refractivity contribution is 5.25. The molecule has 0 spiro atoms. The van der Waals surface area contributed by atoms with Gasteiger partial charge in [-0.25, -0.2) is 0 Å². The van der Waals surface area contributed by atoms with Gasteiger partial charge in [-0.2, -0.15) is 5.10 Å². The van der Waals surface area contributed by atoms with Crippen LogP contribution in [0.25, 0.3) is 0 Å². The predicted octanol–water partition coefficient (Wildman–Crippen LogP) is 3.01. The predicted molar refractivity (Wildman–Crippen MR) is 79.8 cm³/mol. The summed E-state index contributed by atoms with van der Waals surface area (Å²) in [7, 11) is 1.73. The van der Waals surface area contributed by atoms with E-state index in [1.807, 2.05) is 6.20 Å². The van der Waals surface area contributed by atoms with E-state index in [1.54, 1.807) is 7.11 Å². The van der Waals surface area contributed by atoms with Crippen molar-refractivity contribution in [1.82, 2.24) is 15.1 Å². The highest BCUT2D eigenvalue weighted by atomic mass is 16.5. The number of hydrogen-bond donors (Lipinski definition) is 1. The number of aromatic nitrogens is 2. The molecule has 0 fully saturated rings. The molecule has 1 N–H and O–H groups in total. The van der Waals surface area contributed by atoms with Gasteiger partial charge in [0.2, 0.25) is 0 Å². The molecule has 19 heavy (non-hydrogen) atoms. The maximum atomic E-state index is 5.42. The average molecular weight is 267 g/mol. The van der Waals surface area contributed by atoms with Crippen LogP contribution in [-0.4, -0.2) is 29.5 Å². The van der Waals surface area contributed by atoms with Crippen LogP contribution in [0.3, 0.4) is 0 Å². The van der Waals surface area contributed by atoms with Crippen LogP contribution in [0.4, 0.5) is 0 Å². The molecule has 1 aromatic rings. The van der Waals surface area contributed by atoms with Crippen molar-refractivity contribution in [3.8, 4) is 5.75 Å². The van der Waals surface area contributed by atoms with Crippen LogP contribution in [0.1, 0.15) is 52.1 Å². The van der Waals surface area contributed by atoms with E-state index < -0.39 is 0 Å². The molecule has 0 saturated heterocycles. The quantitative estimate of drug-likeness (QED) is 0.708. The van der Waals surface area contributed by atoms with Crippen LogP contribution in [-0.2, 0) is 13.0 Å². The number of rotatable bonds is 10. The minimum atomic E-state index is 0.602. The summed E-state index contributed by atoms with van der Waals surface area (Å²) in [5.41, 5.74) is 1.24. The Morgan fingerprint density at radius 2 is 2.05 bits per heavy atom. The molecule has 0 radical (unpaired) electrons. The first-order valence-electron chi connectivity index (χ1n) is 7.58. The Morgan fingerprint density at radius 1 is 1.26 bits per heavy atom. The molecule has 0 bridgehead atoms. The summed E-state index contributed by atoms with van der Waals surface area (Å²) in [5, 5.41) is 7.98. The fourth-order valence-electron chi connectivity index (χ4n) is 2.52. The van der Waals surface area contributed by atoms with Gasteiger partial charge in [-0.3, -0.25) is 4.68 Å². The first-order valence-corrected chi connectivity index (χ1v) is 7.58. The molecule has 0 aliphatic carbocycles. The first kappa shape index (κ1) is 16.0. The van der Waals surface area contributed by atoms with Gasteiger partial charge in [0.25, 0.3) is 0 Å². The van der Waals surface area contributed by atoms with Crippen molar-refractivity contribution >= 4 is 0 Å². The van der Waals surface area contributed by atoms with E-state index >= 15 is 0 Å². The monoisotopic (exact) mass is 267 g/mol. The van der Waals surface area contributed by atoms with Crippen LogP contribution < -0.4 is 10.1 Å². The van der Waals surface area contributed by atoms with Gasteiger partial charge in [0.05, 0.1) is 19.0 Å². The molecule has 1 heterocycles. The molecule has 4 nitrogen and oxygen atoms in total. The maximum Gasteiger partial charge on any atom is 0.159 e. The van der Waals surface area contributed by atoms with Crippen molar-refractivity contribution in [2.75, 3.05) is 13.7 Å². The summed E-state index contributed by atoms with van der Waals surface area (Å²) in [6.45, 7) is 8.60. The van der Waals surface area contributed by atoms with Gasteiger partial charge in [-0.05, 0) is 32.2 Å². The molecule has 1 rings (SSSR count). The maximum absolute atomic E-state index is 5.42. The molecule has 0 aromatic carbocycles. The number of nitrogens with zero attached hydrogens (tertiary/aromatic N) is 2. The molecule has 4 heteroatoms. The fourth-order valence-corrected chi connectivity index (χ4v) is 2.52. The largest absolute Gasteiger partial charge is 0.493 e. The Kier molecular flexibility index (Phi) is 7.56. The summed E-state index contributed by atoms with van der Waals surface area (Å²) < 4.78 is 7.51. The topological polar surface area (TPSA) is 39.1 Å². The van der Waals surface area contributed by atoms with Crippen molar-refractivity contribution in [2.45, 2.75) is 65.5 Å². The molecule has 0 amide bonds. The Labute approximate surface area is 117 Å². The zero-order valence-corrected chi connectivity index (χ0v) is 12.9. The summed E-state index contributed by atoms with van der Waals surface area (Å²) in [5.74, 6) is 0.931. The lowest BCUT2D eigenvalue weighted by Gasteiger charge is -2.17. The van der Waals surface area contributed by atoms with Gasteiger partial charge in [-0.1, -0.05) is 27.2 Å². The van der Waals surface area contributed by atoms with E-state index in [0.717, 1.165) is 38.1 Å². The minimum Gasteiger partial charge on any atom is -0.493 e. The third-order valence-electron chi connectivity index (χ3n) is 3.43. The number of hydrogen-bond acceptors (Lipinski definition) is 3. The Bertz CT molecular complexity index is 343. The second kappa shape index (κ2) is 8.97. The SMILES string of the molecule is CCCC(CCc1c(OC)cnn1CCC)NCC. The van der Waals surface area contributed by atoms with Crippen LogP contribution >= 0.6 is 0 Å². The van der Waals surface area contributed by atoms with E-state index in [-0.39, 0.29) is 0 Å². The smallest absolute Gasteiger partial charge is 0.159 e. The number of methoxy groups -OCH3 is 1. The number of ether oxygens (including phenoxy) is 1. The molecule has 1 atom stereocenters. The average Bonchev–Trinajstić information content (AvgIpc) is 2.79. The normalized spacial score (nSPS) is 12.6. The zero-order valence-electron chi connectivity index (χ0n) is 12.9. The molecule has 1 aromatic heterocycles. The lowest BCUT2D eigenvalue weighted by molar-refractivity contribution is 0.399. The van der Waals surface area contributed by atoms with Crippen molar-refractivity contribution in [3.05, 3.63) is 11.9 Å². The molecule has 0 aliphatic heterocycles. The van der Waals surface area contributed by atoms with Gasteiger partial charge in [0.1, 0.15) is 0 Å². The third-order valence-corrected chi connectivity index (χ3v) is 3.43. The first-order chi connectivity index (χ1) is 9.26. The number of aryl methyl sites for hydroxylation is 1. The standard InChI is InChI=1S/C15H29N3O/c1-5-8-13(16-7-3)9-10-14-15(19-4)12-17-18(14)11-6-2/h12-13,16H,5-11H2,1-4H3. The highest BCUT2D eigenvalue weighted by Crippen LogP contribution is 2.20. The summed E-state index contributed by atoms with van der Waals surface area (Å²) >= 11 is 0. The lowest BCUT2D eigenvalue weighted by Crippen LogP contribution is -2.29. The fraction of sp³-hybridized carbons (Fsp3) is 0.800. The third kappa shape index (κ3) is 4.86. The van der Waals surface area contributed by atoms with Gasteiger partial charge >= 0.3 is 0 Å². The van der Waals surface area contributed by atoms with Crippen LogP contribution in [0, 0.1) is 0 Å². The van der Waals surface area contributed by atoms with Crippen LogP contribution in [0.5, 0.6) is 5.75 Å². The van der Waals surface area contributed by atoms with E-state index in [1.165, 1.54) is 18.5 Å². The second-order valence-electron chi connectivity index (χ2n) is 4.96. The van der Waals surface area contributed by atoms with Gasteiger partial charge in [-0.15, -0.1) is 0 Å². The van der Waals surface area contributed by atoms with Gasteiger partial charge in [0.15, 0.2) is 5.75 Å². The van der Waals surface area contributed by atoms with Crippen LogP contribution in [0.15, 0.2) is 6.20 Å². The van der Waals surface area contributed by atoms with E-state index in [2.05, 4.69) is 35.9 Å². The van der Waals surface area contributed by atoms with Crippen molar-refractivity contribution in [3.63, 3.8) is 0 Å². The van der Waals surface area contributed by atoms with E-state index in [4.69, 9.17) is 4.74 Å². The van der Waals surface area contributed by atoms with Crippen molar-refractivity contribution in [1.29, 1.82) is 0 Å². The second-order valence-corrected chi connectivity index (χ2v) is 4.96. The van der Waals surface area contributed by atoms with Gasteiger partial charge < -0.3 is 10.1 Å². The molecular formula is C15H29N3O. The van der Waals surface area contributed by atoms with E-state index in [0.29, 0.717) is 6.04 Å². The Morgan fingerprint density at radius 3 is 2.63 bits per heavy atom. The number of nitrogens with one attached hydrogen (secondary N) is 1. The molecular weight excluding hydrogens is 238 g/mol. The van der Waals surface area contributed by atoms with Crippen LogP contribution in [0.2, 0.25) is 0 Å². The molecule has 0 aliphatic rings. The summed E-state index contributed by atoms with van der Waals surface area (Å²) in [6, 6.07) is 0.602. The molecule has 1 unspecified atom stereocenters. The van der Waals surface area contributed by atoms with Crippen molar-refractivity contribution in [2.24, 2.45) is 0 Å². The highest BCUT2D eigenvalue weighted by Gasteiger charge is 2.13. The van der Waals surface area contributed by atoms with Gasteiger partial charge in [0, 0.05) is 12.6 Å². The zero-order chi connectivity index (χ0) is 14.1. The Balaban J connectivity index is 2.65. The Hall–Kier alpha value is -1.03. The minimum absolute atomic E-state index is 0.602. The lowest BCUT2D eigenvalue weighted by atomic mass is 10.0. The summed E-state index contributed by atoms with van der Waals surface area (Å²) in [6.07, 6.45) is 7.58. The van der Waals surface area contributed by atoms with Crippen molar-refractivity contribution < 1.29 is 4.74 Å².